The molecule has 0 spiro atoms. The highest BCUT2D eigenvalue weighted by molar-refractivity contribution is 5.88. The summed E-state index contributed by atoms with van der Waals surface area (Å²) < 4.78 is 4.97. The Morgan fingerprint density at radius 2 is 2.21 bits per heavy atom. The average molecular weight is 263 g/mol. The van der Waals surface area contributed by atoms with Crippen molar-refractivity contribution in [1.29, 1.82) is 0 Å². The van der Waals surface area contributed by atoms with Crippen molar-refractivity contribution in [3.63, 3.8) is 0 Å². The first-order valence-corrected chi connectivity index (χ1v) is 6.15. The number of hydrogen-bond acceptors (Lipinski definition) is 4. The molecule has 1 aromatic carbocycles. The fourth-order valence-electron chi connectivity index (χ4n) is 2.06. The summed E-state index contributed by atoms with van der Waals surface area (Å²) >= 11 is 0. The summed E-state index contributed by atoms with van der Waals surface area (Å²) in [7, 11) is 0. The number of benzene rings is 1. The molecule has 6 heteroatoms. The second-order valence-corrected chi connectivity index (χ2v) is 4.33. The molecule has 1 aliphatic heterocycles. The lowest BCUT2D eigenvalue weighted by Crippen LogP contribution is -2.33. The Bertz CT molecular complexity index is 476. The number of anilines is 1. The van der Waals surface area contributed by atoms with Crippen LogP contribution in [0.25, 0.3) is 0 Å². The number of para-hydroxylation sites is 1. The SMILES string of the molecule is NC(=O)COCCNC(=O)C1CNc2ccccc21. The molecule has 0 radical (unpaired) electrons. The molecule has 102 valence electrons. The number of carbonyl (C=O) groups is 2. The van der Waals surface area contributed by atoms with E-state index in [-0.39, 0.29) is 25.0 Å². The first kappa shape index (κ1) is 13.4. The standard InChI is InChI=1S/C13H17N3O3/c14-12(17)8-19-6-5-15-13(18)10-7-16-11-4-2-1-3-9(10)11/h1-4,10,16H,5-8H2,(H2,14,17)(H,15,18). The second-order valence-electron chi connectivity index (χ2n) is 4.33. The molecule has 1 aromatic rings. The number of amides is 2. The van der Waals surface area contributed by atoms with Gasteiger partial charge in [-0.15, -0.1) is 0 Å². The summed E-state index contributed by atoms with van der Waals surface area (Å²) in [5, 5.41) is 5.98. The van der Waals surface area contributed by atoms with Crippen LogP contribution in [0.3, 0.4) is 0 Å². The van der Waals surface area contributed by atoms with Crippen molar-refractivity contribution >= 4 is 17.5 Å². The van der Waals surface area contributed by atoms with Crippen LogP contribution in [0.1, 0.15) is 11.5 Å². The van der Waals surface area contributed by atoms with E-state index in [1.54, 1.807) is 0 Å². The zero-order valence-electron chi connectivity index (χ0n) is 10.5. The molecule has 0 fully saturated rings. The molecule has 6 nitrogen and oxygen atoms in total. The lowest BCUT2D eigenvalue weighted by atomic mass is 10.0. The highest BCUT2D eigenvalue weighted by Gasteiger charge is 2.27. The van der Waals surface area contributed by atoms with E-state index in [2.05, 4.69) is 10.6 Å². The Morgan fingerprint density at radius 1 is 1.42 bits per heavy atom. The van der Waals surface area contributed by atoms with Crippen LogP contribution in [0, 0.1) is 0 Å². The average Bonchev–Trinajstić information content (AvgIpc) is 2.81. The monoisotopic (exact) mass is 263 g/mol. The summed E-state index contributed by atoms with van der Waals surface area (Å²) in [5.74, 6) is -0.729. The molecular weight excluding hydrogens is 246 g/mol. The summed E-state index contributed by atoms with van der Waals surface area (Å²) in [6, 6.07) is 7.76. The van der Waals surface area contributed by atoms with Gasteiger partial charge in [-0.05, 0) is 11.6 Å². The Kier molecular flexibility index (Phi) is 4.35. The first-order valence-electron chi connectivity index (χ1n) is 6.15. The van der Waals surface area contributed by atoms with Gasteiger partial charge in [-0.1, -0.05) is 18.2 Å². The third-order valence-electron chi connectivity index (χ3n) is 2.94. The normalized spacial score (nSPS) is 16.5. The number of hydrogen-bond donors (Lipinski definition) is 3. The van der Waals surface area contributed by atoms with Crippen LogP contribution < -0.4 is 16.4 Å². The van der Waals surface area contributed by atoms with E-state index in [4.69, 9.17) is 10.5 Å². The van der Waals surface area contributed by atoms with E-state index in [1.807, 2.05) is 24.3 Å². The molecule has 0 bridgehead atoms. The number of primary amides is 1. The van der Waals surface area contributed by atoms with Crippen molar-refractivity contribution in [2.45, 2.75) is 5.92 Å². The quantitative estimate of drug-likeness (QED) is 0.620. The fraction of sp³-hybridized carbons (Fsp3) is 0.385. The number of rotatable bonds is 6. The third kappa shape index (κ3) is 3.45. The first-order chi connectivity index (χ1) is 9.18. The fourth-order valence-corrected chi connectivity index (χ4v) is 2.06. The topological polar surface area (TPSA) is 93.5 Å². The molecule has 19 heavy (non-hydrogen) atoms. The van der Waals surface area contributed by atoms with E-state index in [1.165, 1.54) is 0 Å². The van der Waals surface area contributed by atoms with Crippen molar-refractivity contribution in [2.75, 3.05) is 31.6 Å². The zero-order valence-corrected chi connectivity index (χ0v) is 10.5. The Balaban J connectivity index is 1.77. The molecule has 2 amide bonds. The van der Waals surface area contributed by atoms with Gasteiger partial charge in [0.15, 0.2) is 0 Å². The van der Waals surface area contributed by atoms with Gasteiger partial charge in [0.05, 0.1) is 12.5 Å². The van der Waals surface area contributed by atoms with E-state index in [9.17, 15) is 9.59 Å². The lowest BCUT2D eigenvalue weighted by molar-refractivity contribution is -0.123. The Labute approximate surface area is 111 Å². The van der Waals surface area contributed by atoms with Gasteiger partial charge in [-0.25, -0.2) is 0 Å². The van der Waals surface area contributed by atoms with Crippen molar-refractivity contribution in [3.05, 3.63) is 29.8 Å². The maximum absolute atomic E-state index is 12.0. The van der Waals surface area contributed by atoms with E-state index in [0.29, 0.717) is 13.1 Å². The van der Waals surface area contributed by atoms with Gasteiger partial charge >= 0.3 is 0 Å². The molecule has 0 aromatic heterocycles. The minimum absolute atomic E-state index is 0.0416. The van der Waals surface area contributed by atoms with Crippen molar-refractivity contribution < 1.29 is 14.3 Å². The van der Waals surface area contributed by atoms with E-state index >= 15 is 0 Å². The summed E-state index contributed by atoms with van der Waals surface area (Å²) in [4.78, 5) is 22.5. The highest BCUT2D eigenvalue weighted by Crippen LogP contribution is 2.30. The minimum atomic E-state index is -0.514. The van der Waals surface area contributed by atoms with Crippen molar-refractivity contribution in [3.8, 4) is 0 Å². The highest BCUT2D eigenvalue weighted by atomic mass is 16.5. The predicted octanol–water partition coefficient (Wildman–Crippen LogP) is -0.186. The van der Waals surface area contributed by atoms with Crippen LogP contribution in [0.5, 0.6) is 0 Å². The maximum atomic E-state index is 12.0. The van der Waals surface area contributed by atoms with Gasteiger partial charge in [0.25, 0.3) is 0 Å². The zero-order chi connectivity index (χ0) is 13.7. The maximum Gasteiger partial charge on any atom is 0.243 e. The van der Waals surface area contributed by atoms with Crippen LogP contribution in [-0.4, -0.2) is 38.1 Å². The van der Waals surface area contributed by atoms with Crippen LogP contribution in [0.15, 0.2) is 24.3 Å². The Morgan fingerprint density at radius 3 is 3.00 bits per heavy atom. The molecular formula is C13H17N3O3. The second kappa shape index (κ2) is 6.19. The molecule has 0 aliphatic carbocycles. The number of nitrogens with one attached hydrogen (secondary N) is 2. The smallest absolute Gasteiger partial charge is 0.243 e. The minimum Gasteiger partial charge on any atom is -0.384 e. The third-order valence-corrected chi connectivity index (χ3v) is 2.94. The molecule has 0 saturated carbocycles. The molecule has 0 saturated heterocycles. The van der Waals surface area contributed by atoms with Crippen LogP contribution in [-0.2, 0) is 14.3 Å². The summed E-state index contributed by atoms with van der Waals surface area (Å²) in [6.45, 7) is 1.12. The van der Waals surface area contributed by atoms with Gasteiger partial charge in [-0.3, -0.25) is 9.59 Å². The summed E-state index contributed by atoms with van der Waals surface area (Å²) in [6.07, 6.45) is 0. The Hall–Kier alpha value is -2.08. The van der Waals surface area contributed by atoms with Gasteiger partial charge in [0.2, 0.25) is 11.8 Å². The van der Waals surface area contributed by atoms with Crippen LogP contribution >= 0.6 is 0 Å². The van der Waals surface area contributed by atoms with Crippen molar-refractivity contribution in [1.82, 2.24) is 5.32 Å². The van der Waals surface area contributed by atoms with Gasteiger partial charge in [0, 0.05) is 18.8 Å². The van der Waals surface area contributed by atoms with Gasteiger partial charge < -0.3 is 21.1 Å². The van der Waals surface area contributed by atoms with Crippen LogP contribution in [0.4, 0.5) is 5.69 Å². The molecule has 2 rings (SSSR count). The van der Waals surface area contributed by atoms with Crippen LogP contribution in [0.2, 0.25) is 0 Å². The number of fused-ring (bicyclic) bond motifs is 1. The predicted molar refractivity (Wildman–Crippen MR) is 70.7 cm³/mol. The number of nitrogens with two attached hydrogens (primary N) is 1. The molecule has 1 aliphatic rings. The molecule has 4 N–H and O–H groups in total. The van der Waals surface area contributed by atoms with Crippen molar-refractivity contribution in [2.24, 2.45) is 5.73 Å². The lowest BCUT2D eigenvalue weighted by Gasteiger charge is -2.11. The van der Waals surface area contributed by atoms with Gasteiger partial charge in [-0.2, -0.15) is 0 Å². The van der Waals surface area contributed by atoms with E-state index in [0.717, 1.165) is 11.3 Å². The number of ether oxygens (including phenoxy) is 1. The largest absolute Gasteiger partial charge is 0.384 e. The molecule has 1 atom stereocenters. The molecule has 1 heterocycles. The number of carbonyl (C=O) groups excluding carboxylic acids is 2. The van der Waals surface area contributed by atoms with E-state index < -0.39 is 5.91 Å². The molecule has 1 unspecified atom stereocenters. The van der Waals surface area contributed by atoms with Gasteiger partial charge in [0.1, 0.15) is 6.61 Å². The summed E-state index contributed by atoms with van der Waals surface area (Å²) in [5.41, 5.74) is 6.95.